The average molecular weight is 383 g/mol. The molecule has 1 saturated carbocycles. The number of hydrogen-bond donors (Lipinski definition) is 1. The van der Waals surface area contributed by atoms with E-state index in [9.17, 15) is 15.2 Å². The third-order valence-electron chi connectivity index (χ3n) is 4.48. The molecular formula is C18H27N2O7-. The van der Waals surface area contributed by atoms with Crippen LogP contribution in [0.1, 0.15) is 37.2 Å². The van der Waals surface area contributed by atoms with Gasteiger partial charge in [-0.05, 0) is 30.5 Å². The highest BCUT2D eigenvalue weighted by Gasteiger charge is 2.35. The first-order chi connectivity index (χ1) is 12.4. The molecule has 0 unspecified atom stereocenters. The molecule has 0 spiro atoms. The maximum Gasteiger partial charge on any atom is 0.269 e. The quantitative estimate of drug-likeness (QED) is 0.321. The minimum Gasteiger partial charge on any atom is -0.652 e. The molecule has 152 valence electrons. The van der Waals surface area contributed by atoms with Gasteiger partial charge in [-0.3, -0.25) is 10.1 Å². The van der Waals surface area contributed by atoms with E-state index in [-0.39, 0.29) is 10.6 Å². The zero-order valence-corrected chi connectivity index (χ0v) is 15.9. The summed E-state index contributed by atoms with van der Waals surface area (Å²) in [6, 6.07) is 6.75. The zero-order chi connectivity index (χ0) is 20.7. The minimum absolute atomic E-state index is 0.115. The predicted octanol–water partition coefficient (Wildman–Crippen LogP) is 0.217. The number of hydrogen-bond acceptors (Lipinski definition) is 7. The Hall–Kier alpha value is -2.23. The normalized spacial score (nSPS) is 22.4. The molecule has 27 heavy (non-hydrogen) atoms. The maximum absolute atomic E-state index is 10.7. The zero-order valence-electron chi connectivity index (χ0n) is 15.9. The van der Waals surface area contributed by atoms with Gasteiger partial charge in [0.15, 0.2) is 5.79 Å². The number of nitro benzene ring substituents is 1. The molecule has 0 aromatic heterocycles. The SMILES string of the molecule is C[N+](C)(C)CCOC1(O)CCC(c2ccc([N+](=O)[O-])cc2)CC1.O=C([O-])[O-]. The number of rotatable bonds is 6. The van der Waals surface area contributed by atoms with Gasteiger partial charge in [0, 0.05) is 25.0 Å². The van der Waals surface area contributed by atoms with Crippen LogP contribution in [0.25, 0.3) is 0 Å². The smallest absolute Gasteiger partial charge is 0.269 e. The second-order valence-corrected chi connectivity index (χ2v) is 7.68. The van der Waals surface area contributed by atoms with Crippen LogP contribution < -0.4 is 10.2 Å². The molecule has 1 aromatic rings. The molecule has 2 rings (SSSR count). The number of aliphatic hydroxyl groups is 1. The van der Waals surface area contributed by atoms with Crippen LogP contribution in [0.3, 0.4) is 0 Å². The summed E-state index contributed by atoms with van der Waals surface area (Å²) >= 11 is 0. The minimum atomic E-state index is -2.33. The fraction of sp³-hybridized carbons (Fsp3) is 0.611. The number of carbonyl (C=O) groups is 1. The molecule has 1 N–H and O–H groups in total. The number of nitro groups is 1. The van der Waals surface area contributed by atoms with Gasteiger partial charge in [-0.15, -0.1) is 0 Å². The van der Waals surface area contributed by atoms with Crippen molar-refractivity contribution in [2.45, 2.75) is 37.4 Å². The number of likely N-dealkylation sites (N-methyl/N-ethyl adjacent to an activating group) is 1. The molecule has 0 atom stereocenters. The second kappa shape index (κ2) is 9.63. The van der Waals surface area contributed by atoms with Gasteiger partial charge in [-0.25, -0.2) is 0 Å². The molecule has 1 aliphatic carbocycles. The monoisotopic (exact) mass is 383 g/mol. The van der Waals surface area contributed by atoms with Gasteiger partial charge in [-0.2, -0.15) is 0 Å². The Kier molecular flexibility index (Phi) is 8.14. The van der Waals surface area contributed by atoms with Crippen molar-refractivity contribution in [3.63, 3.8) is 0 Å². The van der Waals surface area contributed by atoms with E-state index in [4.69, 9.17) is 19.7 Å². The number of nitrogens with zero attached hydrogens (tertiary/aromatic N) is 2. The van der Waals surface area contributed by atoms with Crippen LogP contribution in [0.4, 0.5) is 10.5 Å². The van der Waals surface area contributed by atoms with Crippen LogP contribution in [0, 0.1) is 10.1 Å². The first-order valence-electron chi connectivity index (χ1n) is 8.71. The molecule has 1 aromatic carbocycles. The predicted molar refractivity (Wildman–Crippen MR) is 93.5 cm³/mol. The van der Waals surface area contributed by atoms with Crippen LogP contribution >= 0.6 is 0 Å². The molecule has 0 radical (unpaired) electrons. The van der Waals surface area contributed by atoms with Crippen molar-refractivity contribution in [1.82, 2.24) is 0 Å². The number of benzene rings is 1. The third kappa shape index (κ3) is 8.80. The lowest BCUT2D eigenvalue weighted by molar-refractivity contribution is -0.871. The Bertz CT molecular complexity index is 614. The van der Waals surface area contributed by atoms with Crippen molar-refractivity contribution in [1.29, 1.82) is 0 Å². The summed E-state index contributed by atoms with van der Waals surface area (Å²) in [6.07, 6.45) is 0.537. The first-order valence-corrected chi connectivity index (χ1v) is 8.71. The summed E-state index contributed by atoms with van der Waals surface area (Å²) in [5.74, 6) is -0.690. The molecule has 9 heteroatoms. The van der Waals surface area contributed by atoms with E-state index in [1.807, 2.05) is 12.1 Å². The van der Waals surface area contributed by atoms with E-state index in [2.05, 4.69) is 21.1 Å². The van der Waals surface area contributed by atoms with Gasteiger partial charge in [0.1, 0.15) is 6.54 Å². The van der Waals surface area contributed by atoms with Crippen molar-refractivity contribution < 1.29 is 34.3 Å². The summed E-state index contributed by atoms with van der Waals surface area (Å²) < 4.78 is 6.54. The van der Waals surface area contributed by atoms with Crippen LogP contribution in [0.2, 0.25) is 0 Å². The molecule has 9 nitrogen and oxygen atoms in total. The third-order valence-corrected chi connectivity index (χ3v) is 4.48. The van der Waals surface area contributed by atoms with E-state index in [1.165, 1.54) is 0 Å². The van der Waals surface area contributed by atoms with Gasteiger partial charge < -0.3 is 29.3 Å². The van der Waals surface area contributed by atoms with E-state index in [0.29, 0.717) is 25.4 Å². The summed E-state index contributed by atoms with van der Waals surface area (Å²) in [4.78, 5) is 18.6. The lowest BCUT2D eigenvalue weighted by Crippen LogP contribution is -2.42. The highest BCUT2D eigenvalue weighted by Crippen LogP contribution is 2.38. The fourth-order valence-electron chi connectivity index (χ4n) is 2.92. The van der Waals surface area contributed by atoms with Gasteiger partial charge in [0.05, 0.1) is 32.7 Å². The number of carboxylic acid groups (broad SMARTS) is 2. The van der Waals surface area contributed by atoms with Crippen LogP contribution in [-0.4, -0.2) is 60.8 Å². The summed E-state index contributed by atoms with van der Waals surface area (Å²) in [6.45, 7) is 1.40. The highest BCUT2D eigenvalue weighted by molar-refractivity contribution is 5.47. The molecular weight excluding hydrogens is 356 g/mol. The van der Waals surface area contributed by atoms with Crippen molar-refractivity contribution in [3.05, 3.63) is 39.9 Å². The summed E-state index contributed by atoms with van der Waals surface area (Å²) in [5, 5.41) is 37.9. The molecule has 0 aliphatic heterocycles. The van der Waals surface area contributed by atoms with Crippen molar-refractivity contribution in [3.8, 4) is 0 Å². The van der Waals surface area contributed by atoms with Gasteiger partial charge >= 0.3 is 0 Å². The molecule has 1 fully saturated rings. The van der Waals surface area contributed by atoms with Crippen molar-refractivity contribution in [2.24, 2.45) is 0 Å². The van der Waals surface area contributed by atoms with Crippen LogP contribution in [-0.2, 0) is 4.74 Å². The van der Waals surface area contributed by atoms with E-state index in [0.717, 1.165) is 29.4 Å². The largest absolute Gasteiger partial charge is 0.652 e. The van der Waals surface area contributed by atoms with E-state index >= 15 is 0 Å². The molecule has 0 bridgehead atoms. The van der Waals surface area contributed by atoms with Gasteiger partial charge in [0.25, 0.3) is 5.69 Å². The number of quaternary nitrogens is 1. The van der Waals surface area contributed by atoms with Crippen LogP contribution in [0.15, 0.2) is 24.3 Å². The topological polar surface area (TPSA) is 136 Å². The second-order valence-electron chi connectivity index (χ2n) is 7.68. The van der Waals surface area contributed by atoms with Gasteiger partial charge in [-0.1, -0.05) is 12.1 Å². The lowest BCUT2D eigenvalue weighted by Gasteiger charge is -2.36. The van der Waals surface area contributed by atoms with Crippen molar-refractivity contribution >= 4 is 11.8 Å². The standard InChI is InChI=1S/C17H27N2O4.CH2O3/c1-19(2,3)12-13-23-17(20)10-8-15(9-11-17)14-4-6-16(7-5-14)18(21)22;2-1(3)4/h4-7,15,20H,8-13H2,1-3H3;(H2,2,3,4)/q+1;/p-2. The van der Waals surface area contributed by atoms with E-state index in [1.54, 1.807) is 12.1 Å². The Balaban J connectivity index is 0.000000828. The highest BCUT2D eigenvalue weighted by atomic mass is 16.6. The first kappa shape index (κ1) is 22.8. The van der Waals surface area contributed by atoms with Crippen LogP contribution in [0.5, 0.6) is 0 Å². The summed E-state index contributed by atoms with van der Waals surface area (Å²) in [7, 11) is 6.29. The fourth-order valence-corrected chi connectivity index (χ4v) is 2.92. The molecule has 0 amide bonds. The van der Waals surface area contributed by atoms with Crippen molar-refractivity contribution in [2.75, 3.05) is 34.3 Å². The number of carbonyl (C=O) groups excluding carboxylic acids is 1. The Labute approximate surface area is 158 Å². The Morgan fingerprint density at radius 3 is 2.11 bits per heavy atom. The lowest BCUT2D eigenvalue weighted by atomic mass is 9.81. The molecule has 1 aliphatic rings. The number of non-ortho nitro benzene ring substituents is 1. The number of ether oxygens (including phenoxy) is 1. The molecule has 0 heterocycles. The summed E-state index contributed by atoms with van der Waals surface area (Å²) in [5.41, 5.74) is 1.22. The van der Waals surface area contributed by atoms with E-state index < -0.39 is 11.9 Å². The Morgan fingerprint density at radius 2 is 1.70 bits per heavy atom. The maximum atomic E-state index is 10.7. The molecule has 0 saturated heterocycles. The van der Waals surface area contributed by atoms with Gasteiger partial charge in [0.2, 0.25) is 0 Å². The Morgan fingerprint density at radius 1 is 1.22 bits per heavy atom. The average Bonchev–Trinajstić information content (AvgIpc) is 2.54.